The summed E-state index contributed by atoms with van der Waals surface area (Å²) in [5.74, 6) is 2.24. The number of thioether (sulfide) groups is 1. The van der Waals surface area contributed by atoms with Crippen molar-refractivity contribution in [3.8, 4) is 0 Å². The van der Waals surface area contributed by atoms with E-state index in [1.165, 1.54) is 12.3 Å². The number of hydrogen-bond acceptors (Lipinski definition) is 4. The lowest BCUT2D eigenvalue weighted by Gasteiger charge is -2.39. The Kier molecular flexibility index (Phi) is 6.37. The van der Waals surface area contributed by atoms with Crippen molar-refractivity contribution < 1.29 is 9.18 Å². The normalized spacial score (nSPS) is 17.8. The van der Waals surface area contributed by atoms with Gasteiger partial charge in [-0.15, -0.1) is 0 Å². The van der Waals surface area contributed by atoms with Crippen LogP contribution in [0.2, 0.25) is 0 Å². The average molecular weight is 390 g/mol. The first-order valence-electron chi connectivity index (χ1n) is 9.53. The number of halogens is 1. The lowest BCUT2D eigenvalue weighted by molar-refractivity contribution is 0.0858. The third-order valence-electron chi connectivity index (χ3n) is 4.87. The molecule has 27 heavy (non-hydrogen) atoms. The Labute approximate surface area is 164 Å². The van der Waals surface area contributed by atoms with Gasteiger partial charge in [0.2, 0.25) is 0 Å². The zero-order valence-electron chi connectivity index (χ0n) is 16.3. The summed E-state index contributed by atoms with van der Waals surface area (Å²) < 4.78 is 13.8. The fourth-order valence-corrected chi connectivity index (χ4v) is 4.88. The van der Waals surface area contributed by atoms with E-state index in [0.717, 1.165) is 37.6 Å². The van der Waals surface area contributed by atoms with Crippen molar-refractivity contribution in [1.29, 1.82) is 0 Å². The van der Waals surface area contributed by atoms with Crippen molar-refractivity contribution in [1.82, 2.24) is 15.2 Å². The van der Waals surface area contributed by atoms with Gasteiger partial charge in [0, 0.05) is 42.7 Å². The van der Waals surface area contributed by atoms with Gasteiger partial charge in [-0.05, 0) is 31.4 Å². The van der Waals surface area contributed by atoms with E-state index in [1.54, 1.807) is 18.2 Å². The van der Waals surface area contributed by atoms with E-state index in [9.17, 15) is 9.18 Å². The molecule has 1 unspecified atom stereocenters. The second-order valence-corrected chi connectivity index (χ2v) is 9.26. The van der Waals surface area contributed by atoms with Gasteiger partial charge in [0.15, 0.2) is 0 Å². The lowest BCUT2D eigenvalue weighted by Crippen LogP contribution is -2.55. The maximum Gasteiger partial charge on any atom is 0.253 e. The molecule has 4 nitrogen and oxygen atoms in total. The zero-order chi connectivity index (χ0) is 19.4. The van der Waals surface area contributed by atoms with Gasteiger partial charge < -0.3 is 5.32 Å². The maximum absolute atomic E-state index is 13.8. The molecular formula is C21H28FN3OS. The molecule has 1 fully saturated rings. The number of benzene rings is 1. The number of aromatic nitrogens is 1. The van der Waals surface area contributed by atoms with Crippen molar-refractivity contribution >= 4 is 28.6 Å². The minimum Gasteiger partial charge on any atom is -0.346 e. The van der Waals surface area contributed by atoms with Crippen LogP contribution in [0.3, 0.4) is 0 Å². The second-order valence-electron chi connectivity index (χ2n) is 8.04. The highest BCUT2D eigenvalue weighted by Gasteiger charge is 2.31. The van der Waals surface area contributed by atoms with Crippen LogP contribution < -0.4 is 5.32 Å². The van der Waals surface area contributed by atoms with Crippen LogP contribution in [0.15, 0.2) is 30.5 Å². The number of carbonyl (C=O) groups is 1. The third-order valence-corrected chi connectivity index (χ3v) is 5.82. The van der Waals surface area contributed by atoms with E-state index in [4.69, 9.17) is 0 Å². The van der Waals surface area contributed by atoms with Crippen LogP contribution >= 0.6 is 11.8 Å². The fourth-order valence-electron chi connectivity index (χ4n) is 3.90. The highest BCUT2D eigenvalue weighted by Crippen LogP contribution is 2.22. The van der Waals surface area contributed by atoms with Gasteiger partial charge >= 0.3 is 0 Å². The molecule has 0 saturated carbocycles. The standard InChI is InChI=1S/C21H28FN3OS/c1-15(2)12-21(3,14-25-7-9-27-10-8-25)24-20(26)17-11-16-5-4-6-18(22)19(16)23-13-17/h4-6,11,13,15H,7-10,12,14H2,1-3H3,(H,24,26). The predicted octanol–water partition coefficient (Wildman–Crippen LogP) is 3.96. The van der Waals surface area contributed by atoms with Crippen LogP contribution in [-0.4, -0.2) is 52.5 Å². The maximum atomic E-state index is 13.8. The molecule has 1 aliphatic rings. The first kappa shape index (κ1) is 20.1. The van der Waals surface area contributed by atoms with Gasteiger partial charge in [-0.1, -0.05) is 26.0 Å². The quantitative estimate of drug-likeness (QED) is 0.812. The number of pyridine rings is 1. The summed E-state index contributed by atoms with van der Waals surface area (Å²) in [5.41, 5.74) is 0.450. The summed E-state index contributed by atoms with van der Waals surface area (Å²) >= 11 is 1.98. The molecule has 1 amide bonds. The van der Waals surface area contributed by atoms with Gasteiger partial charge in [-0.3, -0.25) is 14.7 Å². The lowest BCUT2D eigenvalue weighted by atomic mass is 9.89. The van der Waals surface area contributed by atoms with E-state index in [0.29, 0.717) is 22.4 Å². The summed E-state index contributed by atoms with van der Waals surface area (Å²) in [7, 11) is 0. The van der Waals surface area contributed by atoms with Crippen LogP contribution in [0, 0.1) is 11.7 Å². The molecule has 1 aromatic heterocycles. The summed E-state index contributed by atoms with van der Waals surface area (Å²) in [5, 5.41) is 3.89. The zero-order valence-corrected chi connectivity index (χ0v) is 17.1. The molecule has 0 bridgehead atoms. The molecule has 1 N–H and O–H groups in total. The molecule has 0 spiro atoms. The minimum absolute atomic E-state index is 0.150. The second kappa shape index (κ2) is 8.57. The number of rotatable bonds is 6. The van der Waals surface area contributed by atoms with Gasteiger partial charge in [-0.2, -0.15) is 11.8 Å². The van der Waals surface area contributed by atoms with Crippen LogP contribution in [0.1, 0.15) is 37.6 Å². The van der Waals surface area contributed by atoms with Gasteiger partial charge in [0.05, 0.1) is 11.1 Å². The SMILES string of the molecule is CC(C)CC(C)(CN1CCSCC1)NC(=O)c1cnc2c(F)cccc2c1. The predicted molar refractivity (Wildman–Crippen MR) is 111 cm³/mol. The fraction of sp³-hybridized carbons (Fsp3) is 0.524. The molecule has 146 valence electrons. The van der Waals surface area contributed by atoms with Crippen LogP contribution in [-0.2, 0) is 0 Å². The topological polar surface area (TPSA) is 45.2 Å². The molecule has 2 heterocycles. The van der Waals surface area contributed by atoms with Crippen LogP contribution in [0.5, 0.6) is 0 Å². The van der Waals surface area contributed by atoms with Gasteiger partial charge in [0.25, 0.3) is 5.91 Å². The largest absolute Gasteiger partial charge is 0.346 e. The first-order valence-corrected chi connectivity index (χ1v) is 10.7. The first-order chi connectivity index (χ1) is 12.9. The van der Waals surface area contributed by atoms with Gasteiger partial charge in [-0.25, -0.2) is 4.39 Å². The smallest absolute Gasteiger partial charge is 0.253 e. The van der Waals surface area contributed by atoms with E-state index in [1.807, 2.05) is 11.8 Å². The summed E-state index contributed by atoms with van der Waals surface area (Å²) in [6, 6.07) is 6.51. The van der Waals surface area contributed by atoms with Crippen molar-refractivity contribution in [2.24, 2.45) is 5.92 Å². The summed E-state index contributed by atoms with van der Waals surface area (Å²) in [6.07, 6.45) is 2.37. The van der Waals surface area contributed by atoms with Crippen molar-refractivity contribution in [3.63, 3.8) is 0 Å². The Morgan fingerprint density at radius 3 is 2.81 bits per heavy atom. The van der Waals surface area contributed by atoms with Crippen molar-refractivity contribution in [2.45, 2.75) is 32.7 Å². The number of nitrogens with zero attached hydrogens (tertiary/aromatic N) is 2. The van der Waals surface area contributed by atoms with E-state index in [-0.39, 0.29) is 17.3 Å². The van der Waals surface area contributed by atoms with Crippen molar-refractivity contribution in [2.75, 3.05) is 31.1 Å². The Hall–Kier alpha value is -1.66. The molecule has 0 radical (unpaired) electrons. The third kappa shape index (κ3) is 5.20. The monoisotopic (exact) mass is 389 g/mol. The van der Waals surface area contributed by atoms with Gasteiger partial charge in [0.1, 0.15) is 11.3 Å². The number of amides is 1. The van der Waals surface area contributed by atoms with Crippen LogP contribution in [0.4, 0.5) is 4.39 Å². The highest BCUT2D eigenvalue weighted by molar-refractivity contribution is 7.99. The number of para-hydroxylation sites is 1. The van der Waals surface area contributed by atoms with E-state index >= 15 is 0 Å². The number of carbonyl (C=O) groups excluding carboxylic acids is 1. The average Bonchev–Trinajstić information content (AvgIpc) is 2.61. The molecule has 1 aromatic carbocycles. The Balaban J connectivity index is 1.78. The molecule has 3 rings (SSSR count). The minimum atomic E-state index is -0.368. The summed E-state index contributed by atoms with van der Waals surface area (Å²) in [6.45, 7) is 9.44. The summed E-state index contributed by atoms with van der Waals surface area (Å²) in [4.78, 5) is 19.5. The number of nitrogens with one attached hydrogen (secondary N) is 1. The molecule has 1 atom stereocenters. The van der Waals surface area contributed by atoms with Crippen LogP contribution in [0.25, 0.3) is 10.9 Å². The molecule has 1 aliphatic heterocycles. The number of hydrogen-bond donors (Lipinski definition) is 1. The number of fused-ring (bicyclic) bond motifs is 1. The Morgan fingerprint density at radius 1 is 1.37 bits per heavy atom. The van der Waals surface area contributed by atoms with Crippen molar-refractivity contribution in [3.05, 3.63) is 41.8 Å². The van der Waals surface area contributed by atoms with E-state index in [2.05, 4.69) is 36.0 Å². The Morgan fingerprint density at radius 2 is 2.11 bits per heavy atom. The molecule has 0 aliphatic carbocycles. The molecule has 6 heteroatoms. The van der Waals surface area contributed by atoms with E-state index < -0.39 is 0 Å². The molecular weight excluding hydrogens is 361 g/mol. The molecule has 2 aromatic rings. The highest BCUT2D eigenvalue weighted by atomic mass is 32.2. The molecule has 1 saturated heterocycles. The Bertz CT molecular complexity index is 807.